The van der Waals surface area contributed by atoms with Crippen molar-refractivity contribution < 1.29 is 23.8 Å². The number of nitrogens with one attached hydrogen (secondary N) is 1. The van der Waals surface area contributed by atoms with Crippen LogP contribution in [0.3, 0.4) is 0 Å². The molecule has 1 aromatic rings. The fourth-order valence-electron chi connectivity index (χ4n) is 1.99. The summed E-state index contributed by atoms with van der Waals surface area (Å²) in [6, 6.07) is 3.25. The predicted molar refractivity (Wildman–Crippen MR) is 65.5 cm³/mol. The normalized spacial score (nSPS) is 22.2. The Morgan fingerprint density at radius 2 is 2.21 bits per heavy atom. The van der Waals surface area contributed by atoms with Gasteiger partial charge in [-0.05, 0) is 30.5 Å². The Labute approximate surface area is 109 Å². The fourth-order valence-corrected chi connectivity index (χ4v) is 1.99. The van der Waals surface area contributed by atoms with E-state index in [4.69, 9.17) is 9.84 Å². The van der Waals surface area contributed by atoms with Crippen LogP contribution in [0, 0.1) is 11.7 Å². The number of hydrogen-bond donors (Lipinski definition) is 2. The Hall–Kier alpha value is -1.95. The third kappa shape index (κ3) is 2.90. The summed E-state index contributed by atoms with van der Waals surface area (Å²) in [6.07, 6.45) is 0.156. The number of aromatic carboxylic acids is 1. The van der Waals surface area contributed by atoms with Gasteiger partial charge in [0.15, 0.2) is 0 Å². The molecule has 0 saturated carbocycles. The first kappa shape index (κ1) is 13.5. The van der Waals surface area contributed by atoms with Crippen molar-refractivity contribution in [1.29, 1.82) is 0 Å². The molecule has 1 fully saturated rings. The minimum absolute atomic E-state index is 0.0608. The van der Waals surface area contributed by atoms with Gasteiger partial charge in [0.2, 0.25) is 0 Å². The number of carbonyl (C=O) groups excluding carboxylic acids is 1. The molecule has 1 aromatic carbocycles. The molecule has 1 aliphatic rings. The molecule has 0 aromatic heterocycles. The molecule has 0 spiro atoms. The number of carboxylic acid groups (broad SMARTS) is 1. The summed E-state index contributed by atoms with van der Waals surface area (Å²) in [5.74, 6) is -2.25. The standard InChI is InChI=1S/C13H14FNO4/c1-7-4-5-19-11(7)12(16)15-10-6-8(13(17)18)2-3-9(10)14/h2-3,6-7,11H,4-5H2,1H3,(H,15,16)(H,17,18). The quantitative estimate of drug-likeness (QED) is 0.876. The fraction of sp³-hybridized carbons (Fsp3) is 0.385. The number of rotatable bonds is 3. The molecule has 5 nitrogen and oxygen atoms in total. The van der Waals surface area contributed by atoms with Crippen molar-refractivity contribution in [3.63, 3.8) is 0 Å². The zero-order chi connectivity index (χ0) is 14.0. The van der Waals surface area contributed by atoms with Crippen LogP contribution in [0.25, 0.3) is 0 Å². The third-order valence-corrected chi connectivity index (χ3v) is 3.12. The second-order valence-corrected chi connectivity index (χ2v) is 4.55. The largest absolute Gasteiger partial charge is 0.478 e. The molecular weight excluding hydrogens is 253 g/mol. The summed E-state index contributed by atoms with van der Waals surface area (Å²) in [5, 5.41) is 11.2. The summed E-state index contributed by atoms with van der Waals surface area (Å²) in [5.41, 5.74) is -0.232. The average molecular weight is 267 g/mol. The topological polar surface area (TPSA) is 75.6 Å². The van der Waals surface area contributed by atoms with Crippen molar-refractivity contribution >= 4 is 17.6 Å². The first-order valence-corrected chi connectivity index (χ1v) is 5.94. The molecule has 102 valence electrons. The highest BCUT2D eigenvalue weighted by Crippen LogP contribution is 2.23. The molecule has 6 heteroatoms. The molecule has 0 aliphatic carbocycles. The number of halogens is 1. The minimum atomic E-state index is -1.18. The molecule has 2 atom stereocenters. The van der Waals surface area contributed by atoms with Gasteiger partial charge in [-0.1, -0.05) is 6.92 Å². The maximum atomic E-state index is 13.5. The molecule has 0 bridgehead atoms. The van der Waals surface area contributed by atoms with Crippen molar-refractivity contribution in [1.82, 2.24) is 0 Å². The minimum Gasteiger partial charge on any atom is -0.478 e. The van der Waals surface area contributed by atoms with Crippen LogP contribution in [-0.4, -0.2) is 29.7 Å². The van der Waals surface area contributed by atoms with Gasteiger partial charge in [0.05, 0.1) is 11.3 Å². The van der Waals surface area contributed by atoms with Crippen molar-refractivity contribution in [3.05, 3.63) is 29.6 Å². The molecule has 2 unspecified atom stereocenters. The zero-order valence-electron chi connectivity index (χ0n) is 10.4. The maximum absolute atomic E-state index is 13.5. The van der Waals surface area contributed by atoms with E-state index in [1.54, 1.807) is 0 Å². The Bertz CT molecular complexity index is 517. The summed E-state index contributed by atoms with van der Waals surface area (Å²) in [4.78, 5) is 22.7. The van der Waals surface area contributed by atoms with Gasteiger partial charge >= 0.3 is 5.97 Å². The number of hydrogen-bond acceptors (Lipinski definition) is 3. The molecule has 1 aliphatic heterocycles. The van der Waals surface area contributed by atoms with Crippen molar-refractivity contribution in [2.75, 3.05) is 11.9 Å². The highest BCUT2D eigenvalue weighted by Gasteiger charge is 2.31. The van der Waals surface area contributed by atoms with Gasteiger partial charge < -0.3 is 15.2 Å². The summed E-state index contributed by atoms with van der Waals surface area (Å²) >= 11 is 0. The van der Waals surface area contributed by atoms with Gasteiger partial charge in [-0.15, -0.1) is 0 Å². The maximum Gasteiger partial charge on any atom is 0.335 e. The average Bonchev–Trinajstić information content (AvgIpc) is 2.78. The molecule has 2 rings (SSSR count). The second kappa shape index (κ2) is 5.36. The molecular formula is C13H14FNO4. The molecule has 1 amide bonds. The van der Waals surface area contributed by atoms with E-state index in [1.165, 1.54) is 0 Å². The SMILES string of the molecule is CC1CCOC1C(=O)Nc1cc(C(=O)O)ccc1F. The zero-order valence-corrected chi connectivity index (χ0v) is 10.4. The van der Waals surface area contributed by atoms with E-state index < -0.39 is 23.8 Å². The number of carbonyl (C=O) groups is 2. The first-order valence-electron chi connectivity index (χ1n) is 5.94. The van der Waals surface area contributed by atoms with Crippen LogP contribution < -0.4 is 5.32 Å². The van der Waals surface area contributed by atoms with E-state index in [1.807, 2.05) is 6.92 Å². The van der Waals surface area contributed by atoms with E-state index in [-0.39, 0.29) is 17.2 Å². The molecule has 19 heavy (non-hydrogen) atoms. The van der Waals surface area contributed by atoms with Crippen LogP contribution in [0.4, 0.5) is 10.1 Å². The van der Waals surface area contributed by atoms with Gasteiger partial charge in [-0.2, -0.15) is 0 Å². The monoisotopic (exact) mass is 267 g/mol. The molecule has 0 radical (unpaired) electrons. The number of amides is 1. The molecule has 2 N–H and O–H groups in total. The van der Waals surface area contributed by atoms with E-state index in [0.29, 0.717) is 6.61 Å². The Kier molecular flexibility index (Phi) is 3.80. The number of anilines is 1. The van der Waals surface area contributed by atoms with Gasteiger partial charge in [-0.3, -0.25) is 4.79 Å². The van der Waals surface area contributed by atoms with Crippen LogP contribution in [0.5, 0.6) is 0 Å². The van der Waals surface area contributed by atoms with Crippen LogP contribution in [-0.2, 0) is 9.53 Å². The van der Waals surface area contributed by atoms with E-state index in [0.717, 1.165) is 24.6 Å². The van der Waals surface area contributed by atoms with E-state index >= 15 is 0 Å². The van der Waals surface area contributed by atoms with Crippen molar-refractivity contribution in [2.45, 2.75) is 19.4 Å². The Morgan fingerprint density at radius 1 is 1.47 bits per heavy atom. The highest BCUT2D eigenvalue weighted by molar-refractivity contribution is 5.96. The second-order valence-electron chi connectivity index (χ2n) is 4.55. The number of carboxylic acids is 1. The van der Waals surface area contributed by atoms with Crippen LogP contribution in [0.2, 0.25) is 0 Å². The lowest BCUT2D eigenvalue weighted by molar-refractivity contribution is -0.126. The molecule has 1 heterocycles. The smallest absolute Gasteiger partial charge is 0.335 e. The van der Waals surface area contributed by atoms with E-state index in [2.05, 4.69) is 5.32 Å². The van der Waals surface area contributed by atoms with Gasteiger partial charge in [0.1, 0.15) is 11.9 Å². The summed E-state index contributed by atoms with van der Waals surface area (Å²) in [7, 11) is 0. The van der Waals surface area contributed by atoms with E-state index in [9.17, 15) is 14.0 Å². The van der Waals surface area contributed by atoms with Crippen LogP contribution in [0.1, 0.15) is 23.7 Å². The third-order valence-electron chi connectivity index (χ3n) is 3.12. The lowest BCUT2D eigenvalue weighted by Crippen LogP contribution is -2.31. The first-order chi connectivity index (χ1) is 8.99. The molecule has 1 saturated heterocycles. The van der Waals surface area contributed by atoms with Crippen LogP contribution >= 0.6 is 0 Å². The lowest BCUT2D eigenvalue weighted by Gasteiger charge is -2.15. The Morgan fingerprint density at radius 3 is 2.79 bits per heavy atom. The summed E-state index contributed by atoms with van der Waals surface area (Å²) in [6.45, 7) is 2.37. The van der Waals surface area contributed by atoms with Crippen LogP contribution in [0.15, 0.2) is 18.2 Å². The summed E-state index contributed by atoms with van der Waals surface area (Å²) < 4.78 is 18.8. The number of ether oxygens (including phenoxy) is 1. The van der Waals surface area contributed by atoms with Gasteiger partial charge in [-0.25, -0.2) is 9.18 Å². The predicted octanol–water partition coefficient (Wildman–Crippen LogP) is 1.89. The Balaban J connectivity index is 2.16. The lowest BCUT2D eigenvalue weighted by atomic mass is 10.0. The van der Waals surface area contributed by atoms with Gasteiger partial charge in [0, 0.05) is 6.61 Å². The highest BCUT2D eigenvalue weighted by atomic mass is 19.1. The van der Waals surface area contributed by atoms with Crippen molar-refractivity contribution in [3.8, 4) is 0 Å². The van der Waals surface area contributed by atoms with Crippen molar-refractivity contribution in [2.24, 2.45) is 5.92 Å². The van der Waals surface area contributed by atoms with Gasteiger partial charge in [0.25, 0.3) is 5.91 Å². The number of benzene rings is 1.